The number of carbonyl (C=O) groups is 1. The van der Waals surface area contributed by atoms with Gasteiger partial charge in [-0.1, -0.05) is 51.8 Å². The van der Waals surface area contributed by atoms with E-state index in [-0.39, 0.29) is 16.8 Å². The van der Waals surface area contributed by atoms with Crippen LogP contribution < -0.4 is 15.0 Å². The Morgan fingerprint density at radius 1 is 0.923 bits per heavy atom. The fourth-order valence-corrected chi connectivity index (χ4v) is 5.46. The quantitative estimate of drug-likeness (QED) is 0.238. The predicted molar refractivity (Wildman–Crippen MR) is 154 cm³/mol. The molecule has 1 aliphatic rings. The third-order valence-electron chi connectivity index (χ3n) is 6.08. The first-order valence-corrected chi connectivity index (χ1v) is 14.4. The topological polar surface area (TPSA) is 90.9 Å². The Labute approximate surface area is 238 Å². The molecule has 0 spiro atoms. The molecule has 5 rings (SSSR count). The molecular formula is C28H21BrClFN4O3S. The minimum absolute atomic E-state index is 0.0906. The van der Waals surface area contributed by atoms with Crippen LogP contribution in [0.1, 0.15) is 23.6 Å². The van der Waals surface area contributed by atoms with E-state index < -0.39 is 16.1 Å². The van der Waals surface area contributed by atoms with Gasteiger partial charge in [0.15, 0.2) is 0 Å². The standard InChI is InChI=1S/C28H21BrClFN4O3S/c29-20-5-1-18(2-6-20)26-17-27(19-3-9-22(31)10-4-19)35(33-26)24-13-15-25(16-14-24)39(37,38)34-28(36)32-23-11-7-21(30)8-12-23/h1-16,27H,17H2,(H2,32,34,36). The number of hydrogen-bond acceptors (Lipinski definition) is 5. The summed E-state index contributed by atoms with van der Waals surface area (Å²) < 4.78 is 42.2. The minimum Gasteiger partial charge on any atom is -0.307 e. The molecule has 198 valence electrons. The summed E-state index contributed by atoms with van der Waals surface area (Å²) in [5, 5.41) is 9.57. The highest BCUT2D eigenvalue weighted by Crippen LogP contribution is 2.37. The molecule has 1 heterocycles. The second-order valence-corrected chi connectivity index (χ2v) is 11.8. The third-order valence-corrected chi connectivity index (χ3v) is 8.21. The fourth-order valence-electron chi connectivity index (χ4n) is 4.16. The third kappa shape index (κ3) is 6.30. The van der Waals surface area contributed by atoms with E-state index in [9.17, 15) is 17.6 Å². The highest BCUT2D eigenvalue weighted by atomic mass is 79.9. The van der Waals surface area contributed by atoms with Crippen molar-refractivity contribution in [1.29, 1.82) is 0 Å². The first-order valence-electron chi connectivity index (χ1n) is 11.8. The van der Waals surface area contributed by atoms with Crippen molar-refractivity contribution in [1.82, 2.24) is 4.72 Å². The van der Waals surface area contributed by atoms with Crippen LogP contribution in [-0.4, -0.2) is 20.2 Å². The molecule has 0 saturated heterocycles. The van der Waals surface area contributed by atoms with Crippen LogP contribution in [0, 0.1) is 5.82 Å². The summed E-state index contributed by atoms with van der Waals surface area (Å²) in [6, 6.07) is 25.2. The summed E-state index contributed by atoms with van der Waals surface area (Å²) in [6.45, 7) is 0. The Morgan fingerprint density at radius 3 is 2.21 bits per heavy atom. The fraction of sp³-hybridized carbons (Fsp3) is 0.0714. The zero-order valence-electron chi connectivity index (χ0n) is 20.2. The molecule has 0 aliphatic carbocycles. The normalized spacial score (nSPS) is 15.1. The molecule has 1 unspecified atom stereocenters. The number of rotatable bonds is 6. The molecule has 0 saturated carbocycles. The van der Waals surface area contributed by atoms with E-state index in [2.05, 4.69) is 21.2 Å². The van der Waals surface area contributed by atoms with Crippen molar-refractivity contribution in [2.45, 2.75) is 17.4 Å². The maximum Gasteiger partial charge on any atom is 0.333 e. The van der Waals surface area contributed by atoms with Gasteiger partial charge in [0.1, 0.15) is 5.82 Å². The second-order valence-electron chi connectivity index (χ2n) is 8.73. The number of halogens is 3. The van der Waals surface area contributed by atoms with Crippen molar-refractivity contribution in [3.63, 3.8) is 0 Å². The molecule has 0 aromatic heterocycles. The molecule has 4 aromatic carbocycles. The number of hydrogen-bond donors (Lipinski definition) is 2. The Bertz CT molecular complexity index is 1630. The lowest BCUT2D eigenvalue weighted by atomic mass is 9.98. The molecule has 11 heteroatoms. The number of carbonyl (C=O) groups excluding carboxylic acids is 1. The molecule has 4 aromatic rings. The summed E-state index contributed by atoms with van der Waals surface area (Å²) in [5.41, 5.74) is 3.69. The van der Waals surface area contributed by atoms with E-state index in [0.717, 1.165) is 21.3 Å². The van der Waals surface area contributed by atoms with Gasteiger partial charge in [-0.2, -0.15) is 5.10 Å². The van der Waals surface area contributed by atoms with E-state index in [0.29, 0.717) is 22.8 Å². The van der Waals surface area contributed by atoms with E-state index in [1.54, 1.807) is 53.5 Å². The molecular weight excluding hydrogens is 607 g/mol. The number of hydrazone groups is 1. The van der Waals surface area contributed by atoms with Crippen molar-refractivity contribution in [2.75, 3.05) is 10.3 Å². The minimum atomic E-state index is -4.14. The molecule has 1 atom stereocenters. The second kappa shape index (κ2) is 11.2. The number of anilines is 2. The number of sulfonamides is 1. The van der Waals surface area contributed by atoms with E-state index in [1.807, 2.05) is 29.0 Å². The van der Waals surface area contributed by atoms with Gasteiger partial charge < -0.3 is 5.32 Å². The lowest BCUT2D eigenvalue weighted by molar-refractivity contribution is 0.256. The van der Waals surface area contributed by atoms with Crippen LogP contribution in [0.25, 0.3) is 0 Å². The molecule has 1 aliphatic heterocycles. The number of benzene rings is 4. The Balaban J connectivity index is 1.38. The largest absolute Gasteiger partial charge is 0.333 e. The smallest absolute Gasteiger partial charge is 0.307 e. The summed E-state index contributed by atoms with van der Waals surface area (Å²) >= 11 is 9.28. The van der Waals surface area contributed by atoms with Crippen molar-refractivity contribution >= 4 is 60.7 Å². The Hall–Kier alpha value is -3.73. The van der Waals surface area contributed by atoms with Crippen LogP contribution in [0.5, 0.6) is 0 Å². The highest BCUT2D eigenvalue weighted by molar-refractivity contribution is 9.10. The lowest BCUT2D eigenvalue weighted by Gasteiger charge is -2.24. The molecule has 7 nitrogen and oxygen atoms in total. The Kier molecular flexibility index (Phi) is 7.69. The van der Waals surface area contributed by atoms with Gasteiger partial charge in [0, 0.05) is 21.6 Å². The summed E-state index contributed by atoms with van der Waals surface area (Å²) in [7, 11) is -4.14. The van der Waals surface area contributed by atoms with Gasteiger partial charge in [-0.25, -0.2) is 22.3 Å². The van der Waals surface area contributed by atoms with Crippen molar-refractivity contribution in [3.8, 4) is 0 Å². The average Bonchev–Trinajstić information content (AvgIpc) is 3.36. The summed E-state index contributed by atoms with van der Waals surface area (Å²) in [5.74, 6) is -0.334. The van der Waals surface area contributed by atoms with Crippen molar-refractivity contribution in [3.05, 3.63) is 124 Å². The van der Waals surface area contributed by atoms with Gasteiger partial charge in [-0.05, 0) is 83.9 Å². The first kappa shape index (κ1) is 26.9. The number of amides is 2. The molecule has 39 heavy (non-hydrogen) atoms. The van der Waals surface area contributed by atoms with Gasteiger partial charge in [-0.3, -0.25) is 5.01 Å². The van der Waals surface area contributed by atoms with E-state index in [1.165, 1.54) is 24.3 Å². The van der Waals surface area contributed by atoms with Gasteiger partial charge in [0.2, 0.25) is 0 Å². The summed E-state index contributed by atoms with van der Waals surface area (Å²) in [6.07, 6.45) is 0.569. The van der Waals surface area contributed by atoms with E-state index >= 15 is 0 Å². The monoisotopic (exact) mass is 626 g/mol. The van der Waals surface area contributed by atoms with Crippen molar-refractivity contribution < 1.29 is 17.6 Å². The van der Waals surface area contributed by atoms with Gasteiger partial charge >= 0.3 is 6.03 Å². The molecule has 2 N–H and O–H groups in total. The maximum absolute atomic E-state index is 13.6. The number of nitrogens with zero attached hydrogens (tertiary/aromatic N) is 2. The van der Waals surface area contributed by atoms with Crippen LogP contribution in [0.4, 0.5) is 20.6 Å². The summed E-state index contributed by atoms with van der Waals surface area (Å²) in [4.78, 5) is 12.2. The first-order chi connectivity index (χ1) is 18.7. The molecule has 2 amide bonds. The number of nitrogens with one attached hydrogen (secondary N) is 2. The van der Waals surface area contributed by atoms with Crippen LogP contribution in [0.2, 0.25) is 5.02 Å². The maximum atomic E-state index is 13.6. The molecule has 0 radical (unpaired) electrons. The highest BCUT2D eigenvalue weighted by Gasteiger charge is 2.30. The molecule has 0 bridgehead atoms. The zero-order chi connectivity index (χ0) is 27.6. The van der Waals surface area contributed by atoms with Gasteiger partial charge in [0.25, 0.3) is 10.0 Å². The average molecular weight is 628 g/mol. The SMILES string of the molecule is O=C(Nc1ccc(Cl)cc1)NS(=O)(=O)c1ccc(N2N=C(c3ccc(Br)cc3)CC2c2ccc(F)cc2)cc1. The Morgan fingerprint density at radius 2 is 1.56 bits per heavy atom. The van der Waals surface area contributed by atoms with Gasteiger partial charge in [-0.15, -0.1) is 0 Å². The van der Waals surface area contributed by atoms with E-state index in [4.69, 9.17) is 16.7 Å². The van der Waals surface area contributed by atoms with Crippen LogP contribution >= 0.6 is 27.5 Å². The van der Waals surface area contributed by atoms with Gasteiger partial charge in [0.05, 0.1) is 22.3 Å². The van der Waals surface area contributed by atoms with Crippen LogP contribution in [0.15, 0.2) is 112 Å². The zero-order valence-corrected chi connectivity index (χ0v) is 23.3. The molecule has 0 fully saturated rings. The van der Waals surface area contributed by atoms with Crippen LogP contribution in [-0.2, 0) is 10.0 Å². The lowest BCUT2D eigenvalue weighted by Crippen LogP contribution is -2.34. The number of urea groups is 1. The van der Waals surface area contributed by atoms with Crippen LogP contribution in [0.3, 0.4) is 0 Å². The predicted octanol–water partition coefficient (Wildman–Crippen LogP) is 7.11. The van der Waals surface area contributed by atoms with Crippen molar-refractivity contribution in [2.24, 2.45) is 5.10 Å².